The number of rotatable bonds is 8. The van der Waals surface area contributed by atoms with Crippen LogP contribution >= 0.6 is 0 Å². The minimum atomic E-state index is 0.606. The number of fused-ring (bicyclic) bond motifs is 2. The molecule has 0 bridgehead atoms. The van der Waals surface area contributed by atoms with Crippen molar-refractivity contribution in [1.82, 2.24) is 24.9 Å². The van der Waals surface area contributed by atoms with Crippen molar-refractivity contribution < 1.29 is 0 Å². The fourth-order valence-electron chi connectivity index (χ4n) is 8.23. The summed E-state index contributed by atoms with van der Waals surface area (Å²) in [6.07, 6.45) is 0. The fourth-order valence-corrected chi connectivity index (χ4v) is 8.23. The maximum atomic E-state index is 5.19. The van der Waals surface area contributed by atoms with E-state index < -0.39 is 0 Å². The Hall–Kier alpha value is -8.41. The average molecular weight is 792 g/mol. The minimum Gasteiger partial charge on any atom is -0.228 e. The molecule has 2 heterocycles. The maximum Gasteiger partial charge on any atom is 0.164 e. The molecular formula is C57H37N5. The molecule has 0 unspecified atom stereocenters. The van der Waals surface area contributed by atoms with Gasteiger partial charge in [0, 0.05) is 33.4 Å². The van der Waals surface area contributed by atoms with E-state index in [4.69, 9.17) is 24.9 Å². The summed E-state index contributed by atoms with van der Waals surface area (Å²) >= 11 is 0. The lowest BCUT2D eigenvalue weighted by atomic mass is 9.98. The standard InChI is InChI=1S/C57H37N5/c1-3-16-38(17-4-1)42-24-11-27-45(34-42)52-37-53(59-54(58-52)41-20-5-2-6-21-41)46-28-12-25-43(35-46)44-26-13-29-47(36-44)55-60-56(50-32-14-22-39-18-7-9-30-48(39)50)62-57(61-55)51-33-15-23-40-19-8-10-31-49(40)51/h1-37H. The van der Waals surface area contributed by atoms with Gasteiger partial charge >= 0.3 is 0 Å². The number of aromatic nitrogens is 5. The molecule has 2 aromatic heterocycles. The van der Waals surface area contributed by atoms with Gasteiger partial charge in [0.15, 0.2) is 23.3 Å². The zero-order valence-electron chi connectivity index (χ0n) is 33.6. The zero-order chi connectivity index (χ0) is 41.2. The molecule has 0 aliphatic carbocycles. The van der Waals surface area contributed by atoms with Gasteiger partial charge in [0.1, 0.15) is 0 Å². The molecule has 0 N–H and O–H groups in total. The quantitative estimate of drug-likeness (QED) is 0.153. The molecular weight excluding hydrogens is 755 g/mol. The van der Waals surface area contributed by atoms with Gasteiger partial charge < -0.3 is 0 Å². The Kier molecular flexibility index (Phi) is 9.45. The summed E-state index contributed by atoms with van der Waals surface area (Å²) in [6, 6.07) is 77.6. The second kappa shape index (κ2) is 16.0. The van der Waals surface area contributed by atoms with Gasteiger partial charge in [-0.25, -0.2) is 24.9 Å². The lowest BCUT2D eigenvalue weighted by Gasteiger charge is -2.13. The van der Waals surface area contributed by atoms with E-state index in [0.29, 0.717) is 23.3 Å². The Morgan fingerprint density at radius 2 is 0.565 bits per heavy atom. The highest BCUT2D eigenvalue weighted by atomic mass is 15.0. The fraction of sp³-hybridized carbons (Fsp3) is 0. The molecule has 11 aromatic rings. The Morgan fingerprint density at radius 1 is 0.210 bits per heavy atom. The first-order valence-electron chi connectivity index (χ1n) is 20.7. The van der Waals surface area contributed by atoms with Gasteiger partial charge in [-0.15, -0.1) is 0 Å². The molecule has 0 saturated carbocycles. The minimum absolute atomic E-state index is 0.606. The molecule has 0 aliphatic rings. The van der Waals surface area contributed by atoms with Gasteiger partial charge in [0.25, 0.3) is 0 Å². The number of hydrogen-bond acceptors (Lipinski definition) is 5. The van der Waals surface area contributed by atoms with E-state index in [1.165, 1.54) is 0 Å². The van der Waals surface area contributed by atoms with Crippen molar-refractivity contribution >= 4 is 21.5 Å². The number of benzene rings is 9. The van der Waals surface area contributed by atoms with Crippen molar-refractivity contribution in [3.8, 4) is 90.3 Å². The number of hydrogen-bond donors (Lipinski definition) is 0. The van der Waals surface area contributed by atoms with Crippen LogP contribution in [0.1, 0.15) is 0 Å². The molecule has 0 saturated heterocycles. The van der Waals surface area contributed by atoms with E-state index in [2.05, 4.69) is 200 Å². The summed E-state index contributed by atoms with van der Waals surface area (Å²) in [5, 5.41) is 4.45. The molecule has 0 amide bonds. The molecule has 9 aromatic carbocycles. The summed E-state index contributed by atoms with van der Waals surface area (Å²) in [5.74, 6) is 2.54. The van der Waals surface area contributed by atoms with Crippen molar-refractivity contribution in [2.45, 2.75) is 0 Å². The summed E-state index contributed by atoms with van der Waals surface area (Å²) in [7, 11) is 0. The van der Waals surface area contributed by atoms with Crippen LogP contribution in [-0.2, 0) is 0 Å². The van der Waals surface area contributed by atoms with Crippen molar-refractivity contribution in [1.29, 1.82) is 0 Å². The molecule has 62 heavy (non-hydrogen) atoms. The van der Waals surface area contributed by atoms with Gasteiger partial charge in [0.05, 0.1) is 11.4 Å². The highest BCUT2D eigenvalue weighted by molar-refractivity contribution is 5.97. The van der Waals surface area contributed by atoms with Crippen molar-refractivity contribution in [3.63, 3.8) is 0 Å². The van der Waals surface area contributed by atoms with Gasteiger partial charge in [-0.05, 0) is 68.1 Å². The zero-order valence-corrected chi connectivity index (χ0v) is 33.6. The second-order valence-electron chi connectivity index (χ2n) is 15.3. The van der Waals surface area contributed by atoms with E-state index in [9.17, 15) is 0 Å². The van der Waals surface area contributed by atoms with Crippen LogP contribution in [0.15, 0.2) is 224 Å². The van der Waals surface area contributed by atoms with E-state index >= 15 is 0 Å². The Bertz CT molecular complexity index is 3310. The topological polar surface area (TPSA) is 64.5 Å². The first kappa shape index (κ1) is 36.7. The monoisotopic (exact) mass is 791 g/mol. The summed E-state index contributed by atoms with van der Waals surface area (Å²) < 4.78 is 0. The molecule has 0 aliphatic heterocycles. The third kappa shape index (κ3) is 7.18. The van der Waals surface area contributed by atoms with Crippen LogP contribution in [0.4, 0.5) is 0 Å². The van der Waals surface area contributed by atoms with E-state index in [1.807, 2.05) is 24.3 Å². The highest BCUT2D eigenvalue weighted by Crippen LogP contribution is 2.35. The molecule has 11 rings (SSSR count). The van der Waals surface area contributed by atoms with E-state index in [1.54, 1.807) is 0 Å². The van der Waals surface area contributed by atoms with Crippen molar-refractivity contribution in [3.05, 3.63) is 224 Å². The Morgan fingerprint density at radius 3 is 1.11 bits per heavy atom. The number of nitrogens with zero attached hydrogens (tertiary/aromatic N) is 5. The predicted molar refractivity (Wildman–Crippen MR) is 254 cm³/mol. The van der Waals surface area contributed by atoms with Crippen molar-refractivity contribution in [2.75, 3.05) is 0 Å². The third-order valence-corrected chi connectivity index (χ3v) is 11.3. The lowest BCUT2D eigenvalue weighted by molar-refractivity contribution is 1.08. The summed E-state index contributed by atoms with van der Waals surface area (Å²) in [6.45, 7) is 0. The largest absolute Gasteiger partial charge is 0.228 e. The van der Waals surface area contributed by atoms with Gasteiger partial charge in [-0.2, -0.15) is 0 Å². The molecule has 0 radical (unpaired) electrons. The van der Waals surface area contributed by atoms with E-state index in [0.717, 1.165) is 88.6 Å². The second-order valence-corrected chi connectivity index (χ2v) is 15.3. The summed E-state index contributed by atoms with van der Waals surface area (Å²) in [4.78, 5) is 25.8. The molecule has 5 nitrogen and oxygen atoms in total. The molecule has 0 atom stereocenters. The van der Waals surface area contributed by atoms with Gasteiger partial charge in [-0.1, -0.05) is 200 Å². The Balaban J connectivity index is 1.02. The first-order chi connectivity index (χ1) is 30.7. The maximum absolute atomic E-state index is 5.19. The Labute approximate surface area is 359 Å². The van der Waals surface area contributed by atoms with Crippen molar-refractivity contribution in [2.24, 2.45) is 0 Å². The third-order valence-electron chi connectivity index (χ3n) is 11.3. The van der Waals surface area contributed by atoms with Crippen LogP contribution in [0.2, 0.25) is 0 Å². The summed E-state index contributed by atoms with van der Waals surface area (Å²) in [5.41, 5.74) is 11.9. The lowest BCUT2D eigenvalue weighted by Crippen LogP contribution is -2.01. The van der Waals surface area contributed by atoms with Crippen LogP contribution in [-0.4, -0.2) is 24.9 Å². The molecule has 0 spiro atoms. The average Bonchev–Trinajstić information content (AvgIpc) is 3.36. The smallest absolute Gasteiger partial charge is 0.164 e. The molecule has 5 heteroatoms. The molecule has 290 valence electrons. The predicted octanol–water partition coefficient (Wildman–Crippen LogP) is 14.3. The van der Waals surface area contributed by atoms with Crippen LogP contribution in [0.25, 0.3) is 112 Å². The van der Waals surface area contributed by atoms with Crippen LogP contribution in [0.5, 0.6) is 0 Å². The van der Waals surface area contributed by atoms with Crippen LogP contribution in [0, 0.1) is 0 Å². The SMILES string of the molecule is c1ccc(-c2cccc(-c3cc(-c4cccc(-c5cccc(-c6nc(-c7cccc8ccccc78)nc(-c7cccc8ccccc78)n6)c5)c4)nc(-c4ccccc4)n3)c2)cc1. The van der Waals surface area contributed by atoms with Crippen LogP contribution in [0.3, 0.4) is 0 Å². The molecule has 0 fully saturated rings. The van der Waals surface area contributed by atoms with Gasteiger partial charge in [0.2, 0.25) is 0 Å². The normalized spacial score (nSPS) is 11.2. The van der Waals surface area contributed by atoms with E-state index in [-0.39, 0.29) is 0 Å². The van der Waals surface area contributed by atoms with Crippen LogP contribution < -0.4 is 0 Å². The van der Waals surface area contributed by atoms with Gasteiger partial charge in [-0.3, -0.25) is 0 Å². The highest BCUT2D eigenvalue weighted by Gasteiger charge is 2.17. The first-order valence-corrected chi connectivity index (χ1v) is 20.7.